The normalized spacial score (nSPS) is 21.1. The molecule has 5 heteroatoms. The zero-order valence-corrected chi connectivity index (χ0v) is 12.6. The number of nitrogens with zero attached hydrogens (tertiary/aromatic N) is 2. The highest BCUT2D eigenvalue weighted by Crippen LogP contribution is 2.39. The van der Waals surface area contributed by atoms with Gasteiger partial charge in [-0.25, -0.2) is 4.98 Å². The van der Waals surface area contributed by atoms with E-state index < -0.39 is 0 Å². The van der Waals surface area contributed by atoms with Crippen LogP contribution < -0.4 is 16.0 Å². The summed E-state index contributed by atoms with van der Waals surface area (Å²) in [6.45, 7) is 4.63. The number of hydrogen-bond acceptors (Lipinski definition) is 4. The van der Waals surface area contributed by atoms with E-state index in [9.17, 15) is 4.79 Å². The van der Waals surface area contributed by atoms with Crippen LogP contribution in [0.1, 0.15) is 43.0 Å². The van der Waals surface area contributed by atoms with Crippen molar-refractivity contribution < 1.29 is 4.79 Å². The zero-order valence-electron chi connectivity index (χ0n) is 12.6. The molecule has 5 nitrogen and oxygen atoms in total. The molecule has 3 rings (SSSR count). The fourth-order valence-electron chi connectivity index (χ4n) is 3.03. The molecule has 0 spiro atoms. The quantitative estimate of drug-likeness (QED) is 0.862. The first-order valence-corrected chi connectivity index (χ1v) is 7.86. The van der Waals surface area contributed by atoms with Crippen LogP contribution in [0, 0.1) is 5.92 Å². The van der Waals surface area contributed by atoms with Crippen molar-refractivity contribution in [2.24, 2.45) is 11.7 Å². The summed E-state index contributed by atoms with van der Waals surface area (Å²) in [4.78, 5) is 19.1. The smallest absolute Gasteiger partial charge is 0.253 e. The van der Waals surface area contributed by atoms with Gasteiger partial charge in [0, 0.05) is 25.8 Å². The van der Waals surface area contributed by atoms with Crippen molar-refractivity contribution in [2.75, 3.05) is 24.5 Å². The zero-order chi connectivity index (χ0) is 14.9. The summed E-state index contributed by atoms with van der Waals surface area (Å²) >= 11 is 0. The van der Waals surface area contributed by atoms with Gasteiger partial charge in [-0.15, -0.1) is 0 Å². The first-order chi connectivity index (χ1) is 10.1. The first-order valence-electron chi connectivity index (χ1n) is 7.86. The molecule has 0 aromatic carbocycles. The summed E-state index contributed by atoms with van der Waals surface area (Å²) in [5, 5.41) is 3.09. The molecule has 2 heterocycles. The van der Waals surface area contributed by atoms with Crippen molar-refractivity contribution in [1.29, 1.82) is 0 Å². The lowest BCUT2D eigenvalue weighted by atomic mass is 9.95. The van der Waals surface area contributed by atoms with Crippen molar-refractivity contribution in [3.8, 4) is 0 Å². The fraction of sp³-hybridized carbons (Fsp3) is 0.625. The summed E-state index contributed by atoms with van der Waals surface area (Å²) in [5.41, 5.74) is 6.17. The lowest BCUT2D eigenvalue weighted by molar-refractivity contribution is 0.0897. The van der Waals surface area contributed by atoms with E-state index in [0.717, 1.165) is 31.7 Å². The van der Waals surface area contributed by atoms with Gasteiger partial charge in [0.05, 0.1) is 11.1 Å². The number of rotatable bonds is 5. The summed E-state index contributed by atoms with van der Waals surface area (Å²) < 4.78 is 0. The minimum Gasteiger partial charge on any atom is -0.357 e. The summed E-state index contributed by atoms with van der Waals surface area (Å²) in [6, 6.07) is 3.80. The van der Waals surface area contributed by atoms with E-state index in [1.807, 2.05) is 19.1 Å². The highest BCUT2D eigenvalue weighted by molar-refractivity contribution is 5.94. The lowest BCUT2D eigenvalue weighted by Gasteiger charge is -2.29. The van der Waals surface area contributed by atoms with Crippen LogP contribution in [-0.4, -0.2) is 36.1 Å². The van der Waals surface area contributed by atoms with Crippen molar-refractivity contribution in [1.82, 2.24) is 10.3 Å². The molecule has 2 aliphatic rings. The highest BCUT2D eigenvalue weighted by atomic mass is 16.1. The molecule has 1 aromatic heterocycles. The molecule has 1 amide bonds. The number of hydrogen-bond donors (Lipinski definition) is 2. The second-order valence-electron chi connectivity index (χ2n) is 6.45. The molecule has 21 heavy (non-hydrogen) atoms. The maximum absolute atomic E-state index is 12.4. The van der Waals surface area contributed by atoms with E-state index in [1.165, 1.54) is 12.8 Å². The van der Waals surface area contributed by atoms with Gasteiger partial charge in [0.15, 0.2) is 0 Å². The first kappa shape index (κ1) is 14.3. The van der Waals surface area contributed by atoms with Crippen molar-refractivity contribution in [2.45, 2.75) is 38.1 Å². The Hall–Kier alpha value is -1.62. The van der Waals surface area contributed by atoms with Gasteiger partial charge in [-0.3, -0.25) is 4.79 Å². The Bertz CT molecular complexity index is 506. The molecule has 114 valence electrons. The topological polar surface area (TPSA) is 71.2 Å². The SMILES string of the molecule is CC(CN)(NC(=O)c1ccc(N2CCCC2)nc1)C1CC1. The summed E-state index contributed by atoms with van der Waals surface area (Å²) in [7, 11) is 0. The Morgan fingerprint density at radius 3 is 2.67 bits per heavy atom. The fourth-order valence-corrected chi connectivity index (χ4v) is 3.03. The number of nitrogens with two attached hydrogens (primary N) is 1. The van der Waals surface area contributed by atoms with Crippen LogP contribution in [-0.2, 0) is 0 Å². The van der Waals surface area contributed by atoms with Crippen LogP contribution in [0.3, 0.4) is 0 Å². The molecule has 1 unspecified atom stereocenters. The second-order valence-corrected chi connectivity index (χ2v) is 6.45. The molecule has 1 aliphatic carbocycles. The Kier molecular flexibility index (Phi) is 3.85. The number of amides is 1. The van der Waals surface area contributed by atoms with Gasteiger partial charge < -0.3 is 16.0 Å². The van der Waals surface area contributed by atoms with Crippen molar-refractivity contribution in [3.05, 3.63) is 23.9 Å². The molecular formula is C16H24N4O. The molecule has 0 radical (unpaired) electrons. The Labute approximate surface area is 125 Å². The average molecular weight is 288 g/mol. The molecule has 1 atom stereocenters. The van der Waals surface area contributed by atoms with Crippen LogP contribution in [0.25, 0.3) is 0 Å². The van der Waals surface area contributed by atoms with Gasteiger partial charge in [0.25, 0.3) is 5.91 Å². The van der Waals surface area contributed by atoms with Crippen molar-refractivity contribution in [3.63, 3.8) is 0 Å². The van der Waals surface area contributed by atoms with Gasteiger partial charge in [0.1, 0.15) is 5.82 Å². The van der Waals surface area contributed by atoms with E-state index in [4.69, 9.17) is 5.73 Å². The molecular weight excluding hydrogens is 264 g/mol. The number of carbonyl (C=O) groups excluding carboxylic acids is 1. The third kappa shape index (κ3) is 3.02. The highest BCUT2D eigenvalue weighted by Gasteiger charge is 2.41. The average Bonchev–Trinajstić information content (AvgIpc) is 3.23. The van der Waals surface area contributed by atoms with Gasteiger partial charge in [-0.2, -0.15) is 0 Å². The van der Waals surface area contributed by atoms with Crippen LogP contribution in [0.2, 0.25) is 0 Å². The maximum Gasteiger partial charge on any atom is 0.253 e. The van der Waals surface area contributed by atoms with Gasteiger partial charge in [0.2, 0.25) is 0 Å². The molecule has 1 aliphatic heterocycles. The third-order valence-corrected chi connectivity index (χ3v) is 4.74. The monoisotopic (exact) mass is 288 g/mol. The molecule has 1 saturated carbocycles. The second kappa shape index (κ2) is 5.64. The van der Waals surface area contributed by atoms with E-state index >= 15 is 0 Å². The number of pyridine rings is 1. The molecule has 3 N–H and O–H groups in total. The van der Waals surface area contributed by atoms with Gasteiger partial charge in [-0.05, 0) is 50.7 Å². The predicted molar refractivity (Wildman–Crippen MR) is 83.3 cm³/mol. The third-order valence-electron chi connectivity index (χ3n) is 4.74. The minimum atomic E-state index is -0.287. The summed E-state index contributed by atoms with van der Waals surface area (Å²) in [5.74, 6) is 1.41. The van der Waals surface area contributed by atoms with E-state index in [0.29, 0.717) is 18.0 Å². The maximum atomic E-state index is 12.4. The Morgan fingerprint density at radius 2 is 2.14 bits per heavy atom. The lowest BCUT2D eigenvalue weighted by Crippen LogP contribution is -2.53. The van der Waals surface area contributed by atoms with Gasteiger partial charge in [-0.1, -0.05) is 0 Å². The number of nitrogens with one attached hydrogen (secondary N) is 1. The molecule has 1 aromatic rings. The predicted octanol–water partition coefficient (Wildman–Crippen LogP) is 1.54. The number of aromatic nitrogens is 1. The Balaban J connectivity index is 1.67. The van der Waals surface area contributed by atoms with Crippen LogP contribution >= 0.6 is 0 Å². The van der Waals surface area contributed by atoms with E-state index in [-0.39, 0.29) is 11.4 Å². The van der Waals surface area contributed by atoms with Crippen LogP contribution in [0.15, 0.2) is 18.3 Å². The number of anilines is 1. The largest absolute Gasteiger partial charge is 0.357 e. The van der Waals surface area contributed by atoms with Crippen LogP contribution in [0.5, 0.6) is 0 Å². The molecule has 1 saturated heterocycles. The van der Waals surface area contributed by atoms with Crippen molar-refractivity contribution >= 4 is 11.7 Å². The van der Waals surface area contributed by atoms with E-state index in [2.05, 4.69) is 15.2 Å². The van der Waals surface area contributed by atoms with Crippen LogP contribution in [0.4, 0.5) is 5.82 Å². The van der Waals surface area contributed by atoms with E-state index in [1.54, 1.807) is 6.20 Å². The molecule has 0 bridgehead atoms. The Morgan fingerprint density at radius 1 is 1.43 bits per heavy atom. The minimum absolute atomic E-state index is 0.0738. The standard InChI is InChI=1S/C16H24N4O/c1-16(11-17,13-5-6-13)19-15(21)12-4-7-14(18-10-12)20-8-2-3-9-20/h4,7,10,13H,2-3,5-6,8-9,11,17H2,1H3,(H,19,21). The summed E-state index contributed by atoms with van der Waals surface area (Å²) in [6.07, 6.45) is 6.42. The number of carbonyl (C=O) groups is 1. The van der Waals surface area contributed by atoms with Gasteiger partial charge >= 0.3 is 0 Å². The molecule has 2 fully saturated rings.